The Balaban J connectivity index is 1.96. The maximum atomic E-state index is 6.12. The van der Waals surface area contributed by atoms with Crippen molar-refractivity contribution in [2.75, 3.05) is 0 Å². The Morgan fingerprint density at radius 1 is 0.944 bits per heavy atom. The maximum Gasteiger partial charge on any atom is 0.0948 e. The molecule has 1 nitrogen and oxygen atoms in total. The van der Waals surface area contributed by atoms with E-state index in [1.54, 1.807) is 0 Å². The van der Waals surface area contributed by atoms with Crippen LogP contribution < -0.4 is 0 Å². The summed E-state index contributed by atoms with van der Waals surface area (Å²) >= 11 is 0. The number of rotatable bonds is 1. The summed E-state index contributed by atoms with van der Waals surface area (Å²) in [6.45, 7) is 5.01. The van der Waals surface area contributed by atoms with Crippen molar-refractivity contribution in [2.24, 2.45) is 0 Å². The quantitative estimate of drug-likeness (QED) is 0.730. The molecule has 0 aromatic heterocycles. The molecule has 2 aromatic carbocycles. The lowest BCUT2D eigenvalue weighted by Crippen LogP contribution is -2.32. The van der Waals surface area contributed by atoms with Gasteiger partial charge < -0.3 is 4.74 Å². The zero-order valence-electron chi connectivity index (χ0n) is 10.9. The summed E-state index contributed by atoms with van der Waals surface area (Å²) in [5, 5.41) is 0. The van der Waals surface area contributed by atoms with E-state index in [1.807, 2.05) is 0 Å². The van der Waals surface area contributed by atoms with E-state index in [4.69, 9.17) is 4.74 Å². The monoisotopic (exact) mass is 238 g/mol. The second kappa shape index (κ2) is 4.25. The Morgan fingerprint density at radius 3 is 2.33 bits per heavy atom. The minimum absolute atomic E-state index is 0.192. The van der Waals surface area contributed by atoms with Crippen LogP contribution >= 0.6 is 0 Å². The minimum Gasteiger partial charge on any atom is -0.366 e. The first-order valence-electron chi connectivity index (χ1n) is 6.45. The fraction of sp³-hybridized carbons (Fsp3) is 0.294. The first-order chi connectivity index (χ1) is 8.67. The van der Waals surface area contributed by atoms with Gasteiger partial charge in [-0.05, 0) is 30.5 Å². The molecule has 1 heteroatoms. The second-order valence-electron chi connectivity index (χ2n) is 5.33. The highest BCUT2D eigenvalue weighted by Gasteiger charge is 2.32. The lowest BCUT2D eigenvalue weighted by molar-refractivity contribution is -0.0592. The van der Waals surface area contributed by atoms with Gasteiger partial charge in [-0.2, -0.15) is 0 Å². The summed E-state index contributed by atoms with van der Waals surface area (Å²) in [7, 11) is 0. The van der Waals surface area contributed by atoms with Gasteiger partial charge >= 0.3 is 0 Å². The maximum absolute atomic E-state index is 6.12. The topological polar surface area (TPSA) is 9.23 Å². The predicted molar refractivity (Wildman–Crippen MR) is 73.5 cm³/mol. The molecule has 1 unspecified atom stereocenters. The molecule has 1 heterocycles. The number of hydrogen-bond donors (Lipinski definition) is 0. The summed E-state index contributed by atoms with van der Waals surface area (Å²) in [5.74, 6) is 0. The fourth-order valence-corrected chi connectivity index (χ4v) is 2.61. The molecule has 1 atom stereocenters. The van der Waals surface area contributed by atoms with Crippen molar-refractivity contribution in [3.8, 4) is 0 Å². The molecule has 0 fully saturated rings. The van der Waals surface area contributed by atoms with Gasteiger partial charge in [0.1, 0.15) is 0 Å². The van der Waals surface area contributed by atoms with Crippen LogP contribution in [0.2, 0.25) is 0 Å². The van der Waals surface area contributed by atoms with Gasteiger partial charge in [0.25, 0.3) is 0 Å². The molecule has 1 aliphatic heterocycles. The largest absolute Gasteiger partial charge is 0.366 e. The highest BCUT2D eigenvalue weighted by molar-refractivity contribution is 5.34. The summed E-state index contributed by atoms with van der Waals surface area (Å²) in [4.78, 5) is 0. The Kier molecular flexibility index (Phi) is 2.71. The Hall–Kier alpha value is -1.60. The summed E-state index contributed by atoms with van der Waals surface area (Å²) in [5.41, 5.74) is 5.09. The molecule has 0 N–H and O–H groups in total. The molecule has 2 aromatic rings. The van der Waals surface area contributed by atoms with E-state index in [2.05, 4.69) is 62.4 Å². The molecule has 18 heavy (non-hydrogen) atoms. The third-order valence-electron chi connectivity index (χ3n) is 3.85. The van der Waals surface area contributed by atoms with Crippen molar-refractivity contribution >= 4 is 0 Å². The summed E-state index contributed by atoms with van der Waals surface area (Å²) in [6.07, 6.45) is 0.951. The van der Waals surface area contributed by atoms with Crippen LogP contribution in [0.3, 0.4) is 0 Å². The first-order valence-corrected chi connectivity index (χ1v) is 6.45. The molecule has 0 aliphatic carbocycles. The van der Waals surface area contributed by atoms with E-state index in [9.17, 15) is 0 Å². The van der Waals surface area contributed by atoms with Gasteiger partial charge in [-0.25, -0.2) is 0 Å². The molecule has 3 rings (SSSR count). The minimum atomic E-state index is -0.192. The van der Waals surface area contributed by atoms with Gasteiger partial charge in [-0.3, -0.25) is 0 Å². The van der Waals surface area contributed by atoms with E-state index >= 15 is 0 Å². The molecule has 0 bridgehead atoms. The van der Waals surface area contributed by atoms with E-state index < -0.39 is 0 Å². The van der Waals surface area contributed by atoms with Crippen molar-refractivity contribution in [3.05, 3.63) is 70.8 Å². The van der Waals surface area contributed by atoms with Crippen LogP contribution in [0.15, 0.2) is 48.5 Å². The second-order valence-corrected chi connectivity index (χ2v) is 5.33. The van der Waals surface area contributed by atoms with Crippen molar-refractivity contribution in [2.45, 2.75) is 32.5 Å². The van der Waals surface area contributed by atoms with Gasteiger partial charge in [-0.1, -0.05) is 54.1 Å². The van der Waals surface area contributed by atoms with Crippen LogP contribution in [-0.4, -0.2) is 0 Å². The molecule has 0 radical (unpaired) electrons. The lowest BCUT2D eigenvalue weighted by atomic mass is 9.85. The smallest absolute Gasteiger partial charge is 0.0948 e. The van der Waals surface area contributed by atoms with Crippen LogP contribution in [0, 0.1) is 6.92 Å². The van der Waals surface area contributed by atoms with Crippen LogP contribution in [0.4, 0.5) is 0 Å². The normalized spacial score (nSPS) is 22.6. The third-order valence-corrected chi connectivity index (χ3v) is 3.85. The van der Waals surface area contributed by atoms with Gasteiger partial charge in [0.05, 0.1) is 12.2 Å². The molecule has 0 amide bonds. The zero-order valence-corrected chi connectivity index (χ0v) is 10.9. The van der Waals surface area contributed by atoms with Crippen molar-refractivity contribution in [3.63, 3.8) is 0 Å². The number of benzene rings is 2. The Bertz CT molecular complexity index is 556. The van der Waals surface area contributed by atoms with Gasteiger partial charge in [0, 0.05) is 6.42 Å². The average Bonchev–Trinajstić information content (AvgIpc) is 2.39. The molecule has 0 saturated heterocycles. The summed E-state index contributed by atoms with van der Waals surface area (Å²) < 4.78 is 6.12. The third kappa shape index (κ3) is 1.95. The van der Waals surface area contributed by atoms with Gasteiger partial charge in [0.2, 0.25) is 0 Å². The Labute approximate surface area is 108 Å². The van der Waals surface area contributed by atoms with Crippen LogP contribution in [0.5, 0.6) is 0 Å². The molecular formula is C17H18O. The fourth-order valence-electron chi connectivity index (χ4n) is 2.61. The van der Waals surface area contributed by atoms with E-state index in [1.165, 1.54) is 22.3 Å². The van der Waals surface area contributed by atoms with Gasteiger partial charge in [0.15, 0.2) is 0 Å². The van der Waals surface area contributed by atoms with Gasteiger partial charge in [-0.15, -0.1) is 0 Å². The Morgan fingerprint density at radius 2 is 1.61 bits per heavy atom. The number of ether oxygens (including phenoxy) is 1. The highest BCUT2D eigenvalue weighted by Crippen LogP contribution is 2.35. The van der Waals surface area contributed by atoms with Crippen LogP contribution in [0.1, 0.15) is 29.2 Å². The first kappa shape index (κ1) is 11.5. The number of aryl methyl sites for hydroxylation is 1. The standard InChI is InChI=1S/C17H18O/c1-13-7-9-16(10-8-13)17(2)11-14-5-3-4-6-15(14)12-18-17/h3-10H,11-12H2,1-2H3. The average molecular weight is 238 g/mol. The summed E-state index contributed by atoms with van der Waals surface area (Å²) in [6, 6.07) is 17.2. The van der Waals surface area contributed by atoms with E-state index in [0.29, 0.717) is 6.61 Å². The number of hydrogen-bond acceptors (Lipinski definition) is 1. The van der Waals surface area contributed by atoms with E-state index in [0.717, 1.165) is 6.42 Å². The number of fused-ring (bicyclic) bond motifs is 1. The van der Waals surface area contributed by atoms with Crippen molar-refractivity contribution < 1.29 is 4.74 Å². The van der Waals surface area contributed by atoms with Crippen molar-refractivity contribution in [1.82, 2.24) is 0 Å². The molecule has 1 aliphatic rings. The molecule has 0 saturated carbocycles. The molecular weight excluding hydrogens is 220 g/mol. The van der Waals surface area contributed by atoms with Crippen molar-refractivity contribution in [1.29, 1.82) is 0 Å². The van der Waals surface area contributed by atoms with Crippen LogP contribution in [0.25, 0.3) is 0 Å². The van der Waals surface area contributed by atoms with Crippen LogP contribution in [-0.2, 0) is 23.4 Å². The SMILES string of the molecule is Cc1ccc(C2(C)Cc3ccccc3CO2)cc1. The van der Waals surface area contributed by atoms with E-state index in [-0.39, 0.29) is 5.60 Å². The highest BCUT2D eigenvalue weighted by atomic mass is 16.5. The molecule has 92 valence electrons. The predicted octanol–water partition coefficient (Wildman–Crippen LogP) is 3.98. The molecule has 0 spiro atoms. The lowest BCUT2D eigenvalue weighted by Gasteiger charge is -2.35. The zero-order chi connectivity index (χ0) is 12.6.